The second-order valence-electron chi connectivity index (χ2n) is 4.93. The third-order valence-corrected chi connectivity index (χ3v) is 4.20. The summed E-state index contributed by atoms with van der Waals surface area (Å²) in [5, 5.41) is 0.784. The molecule has 1 aromatic carbocycles. The summed E-state index contributed by atoms with van der Waals surface area (Å²) in [5.41, 5.74) is 2.99. The van der Waals surface area contributed by atoms with Gasteiger partial charge in [-0.15, -0.1) is 11.3 Å². The normalized spacial score (nSPS) is 10.7. The standard InChI is InChI=1S/C16H19NO3S/c1-10-5-6-14(11(2)7-10)20-9-15-17-13(8-19-4)16(21-15)12(3)18/h5-7H,8-9H2,1-4H3. The number of ether oxygens (including phenoxy) is 2. The van der Waals surface area contributed by atoms with E-state index in [1.165, 1.54) is 16.9 Å². The van der Waals surface area contributed by atoms with Gasteiger partial charge in [0.2, 0.25) is 0 Å². The maximum Gasteiger partial charge on any atom is 0.171 e. The molecule has 5 heteroatoms. The van der Waals surface area contributed by atoms with Crippen LogP contribution in [0.25, 0.3) is 0 Å². The van der Waals surface area contributed by atoms with Crippen LogP contribution in [-0.2, 0) is 18.0 Å². The van der Waals surface area contributed by atoms with E-state index in [1.807, 2.05) is 26.0 Å². The summed E-state index contributed by atoms with van der Waals surface area (Å²) < 4.78 is 10.9. The minimum Gasteiger partial charge on any atom is -0.486 e. The number of hydrogen-bond donors (Lipinski definition) is 0. The summed E-state index contributed by atoms with van der Waals surface area (Å²) >= 11 is 1.37. The van der Waals surface area contributed by atoms with Crippen LogP contribution in [-0.4, -0.2) is 17.9 Å². The number of Topliss-reactive ketones (excluding diaryl/α,β-unsaturated/α-hetero) is 1. The Morgan fingerprint density at radius 3 is 2.67 bits per heavy atom. The molecule has 0 atom stereocenters. The number of aromatic nitrogens is 1. The van der Waals surface area contributed by atoms with Crippen molar-refractivity contribution in [1.82, 2.24) is 4.98 Å². The minimum absolute atomic E-state index is 0.0114. The van der Waals surface area contributed by atoms with Gasteiger partial charge in [-0.3, -0.25) is 4.79 Å². The molecule has 0 saturated heterocycles. The summed E-state index contributed by atoms with van der Waals surface area (Å²) in [6.07, 6.45) is 0. The van der Waals surface area contributed by atoms with E-state index in [9.17, 15) is 4.79 Å². The highest BCUT2D eigenvalue weighted by Gasteiger charge is 2.15. The van der Waals surface area contributed by atoms with E-state index in [4.69, 9.17) is 9.47 Å². The fourth-order valence-electron chi connectivity index (χ4n) is 2.07. The van der Waals surface area contributed by atoms with Crippen LogP contribution in [0.15, 0.2) is 18.2 Å². The molecule has 2 rings (SSSR count). The topological polar surface area (TPSA) is 48.4 Å². The molecule has 0 radical (unpaired) electrons. The van der Waals surface area contributed by atoms with E-state index in [0.29, 0.717) is 23.8 Å². The lowest BCUT2D eigenvalue weighted by Crippen LogP contribution is -1.99. The fourth-order valence-corrected chi connectivity index (χ4v) is 2.95. The van der Waals surface area contributed by atoms with E-state index in [1.54, 1.807) is 14.0 Å². The fraction of sp³-hybridized carbons (Fsp3) is 0.375. The van der Waals surface area contributed by atoms with Crippen molar-refractivity contribution in [3.63, 3.8) is 0 Å². The zero-order valence-electron chi connectivity index (χ0n) is 12.7. The van der Waals surface area contributed by atoms with Crippen LogP contribution in [0.4, 0.5) is 0 Å². The molecule has 0 aliphatic carbocycles. The molecule has 1 aromatic heterocycles. The lowest BCUT2D eigenvalue weighted by atomic mass is 10.1. The van der Waals surface area contributed by atoms with Crippen molar-refractivity contribution in [1.29, 1.82) is 0 Å². The largest absolute Gasteiger partial charge is 0.486 e. The van der Waals surface area contributed by atoms with E-state index >= 15 is 0 Å². The van der Waals surface area contributed by atoms with Crippen LogP contribution in [0, 0.1) is 13.8 Å². The van der Waals surface area contributed by atoms with E-state index < -0.39 is 0 Å². The molecule has 4 nitrogen and oxygen atoms in total. The van der Waals surface area contributed by atoms with Gasteiger partial charge in [0.05, 0.1) is 17.2 Å². The Labute approximate surface area is 128 Å². The third kappa shape index (κ3) is 3.89. The average Bonchev–Trinajstić information content (AvgIpc) is 2.81. The number of aryl methyl sites for hydroxylation is 2. The van der Waals surface area contributed by atoms with Crippen molar-refractivity contribution in [2.24, 2.45) is 0 Å². The first kappa shape index (κ1) is 15.7. The van der Waals surface area contributed by atoms with Crippen LogP contribution in [0.5, 0.6) is 5.75 Å². The number of thiazole rings is 1. The predicted molar refractivity (Wildman–Crippen MR) is 83.1 cm³/mol. The Morgan fingerprint density at radius 2 is 2.05 bits per heavy atom. The summed E-state index contributed by atoms with van der Waals surface area (Å²) in [5.74, 6) is 0.853. The lowest BCUT2D eigenvalue weighted by molar-refractivity contribution is 0.101. The maximum atomic E-state index is 11.6. The van der Waals surface area contributed by atoms with Gasteiger partial charge >= 0.3 is 0 Å². The van der Waals surface area contributed by atoms with Crippen molar-refractivity contribution in [3.8, 4) is 5.75 Å². The van der Waals surface area contributed by atoms with Crippen molar-refractivity contribution in [3.05, 3.63) is 44.9 Å². The molecule has 0 fully saturated rings. The monoisotopic (exact) mass is 305 g/mol. The molecule has 0 aliphatic rings. The Morgan fingerprint density at radius 1 is 1.29 bits per heavy atom. The van der Waals surface area contributed by atoms with Crippen LogP contribution >= 0.6 is 11.3 Å². The summed E-state index contributed by atoms with van der Waals surface area (Å²) in [7, 11) is 1.59. The number of methoxy groups -OCH3 is 1. The molecule has 2 aromatic rings. The van der Waals surface area contributed by atoms with Crippen LogP contribution < -0.4 is 4.74 Å². The number of carbonyl (C=O) groups is 1. The highest BCUT2D eigenvalue weighted by atomic mass is 32.1. The highest BCUT2D eigenvalue weighted by Crippen LogP contribution is 2.24. The smallest absolute Gasteiger partial charge is 0.171 e. The first-order valence-corrected chi connectivity index (χ1v) is 7.51. The zero-order valence-corrected chi connectivity index (χ0v) is 13.5. The number of nitrogens with zero attached hydrogens (tertiary/aromatic N) is 1. The maximum absolute atomic E-state index is 11.6. The molecule has 112 valence electrons. The number of benzene rings is 1. The molecule has 0 spiro atoms. The van der Waals surface area contributed by atoms with Gasteiger partial charge in [0.15, 0.2) is 5.78 Å². The quantitative estimate of drug-likeness (QED) is 0.764. The zero-order chi connectivity index (χ0) is 15.4. The Balaban J connectivity index is 2.12. The van der Waals surface area contributed by atoms with Crippen molar-refractivity contribution < 1.29 is 14.3 Å². The Hall–Kier alpha value is -1.72. The highest BCUT2D eigenvalue weighted by molar-refractivity contribution is 7.13. The van der Waals surface area contributed by atoms with Gasteiger partial charge in [-0.1, -0.05) is 17.7 Å². The first-order chi connectivity index (χ1) is 10.0. The lowest BCUT2D eigenvalue weighted by Gasteiger charge is -2.08. The van der Waals surface area contributed by atoms with Crippen molar-refractivity contribution in [2.75, 3.05) is 7.11 Å². The SMILES string of the molecule is COCc1nc(COc2ccc(C)cc2C)sc1C(C)=O. The van der Waals surface area contributed by atoms with Gasteiger partial charge in [-0.05, 0) is 25.5 Å². The molecule has 0 N–H and O–H groups in total. The predicted octanol–water partition coefficient (Wildman–Crippen LogP) is 3.69. The molecule has 0 saturated carbocycles. The molecule has 1 heterocycles. The van der Waals surface area contributed by atoms with E-state index in [2.05, 4.69) is 11.1 Å². The summed E-state index contributed by atoms with van der Waals surface area (Å²) in [6, 6.07) is 6.05. The number of carbonyl (C=O) groups excluding carboxylic acids is 1. The molecule has 0 amide bonds. The number of ketones is 1. The van der Waals surface area contributed by atoms with Gasteiger partial charge in [0.25, 0.3) is 0 Å². The molecule has 21 heavy (non-hydrogen) atoms. The van der Waals surface area contributed by atoms with Gasteiger partial charge in [0.1, 0.15) is 17.4 Å². The van der Waals surface area contributed by atoms with Gasteiger partial charge in [-0.2, -0.15) is 0 Å². The Kier molecular flexibility index (Phi) is 5.09. The molecule has 0 aliphatic heterocycles. The first-order valence-electron chi connectivity index (χ1n) is 6.69. The van der Waals surface area contributed by atoms with Crippen LogP contribution in [0.1, 0.15) is 38.4 Å². The average molecular weight is 305 g/mol. The van der Waals surface area contributed by atoms with E-state index in [0.717, 1.165) is 16.3 Å². The summed E-state index contributed by atoms with van der Waals surface area (Å²) in [6.45, 7) is 6.31. The van der Waals surface area contributed by atoms with E-state index in [-0.39, 0.29) is 5.78 Å². The van der Waals surface area contributed by atoms with Gasteiger partial charge in [0, 0.05) is 14.0 Å². The number of hydrogen-bond acceptors (Lipinski definition) is 5. The third-order valence-electron chi connectivity index (χ3n) is 3.02. The van der Waals surface area contributed by atoms with Crippen molar-refractivity contribution >= 4 is 17.1 Å². The Bertz CT molecular complexity index is 649. The van der Waals surface area contributed by atoms with Gasteiger partial charge < -0.3 is 9.47 Å². The second kappa shape index (κ2) is 6.83. The molecule has 0 unspecified atom stereocenters. The van der Waals surface area contributed by atoms with Crippen LogP contribution in [0.3, 0.4) is 0 Å². The van der Waals surface area contributed by atoms with Gasteiger partial charge in [-0.25, -0.2) is 4.98 Å². The second-order valence-corrected chi connectivity index (χ2v) is 6.01. The molecular formula is C16H19NO3S. The molecule has 0 bridgehead atoms. The van der Waals surface area contributed by atoms with Crippen molar-refractivity contribution in [2.45, 2.75) is 34.0 Å². The number of rotatable bonds is 6. The summed E-state index contributed by atoms with van der Waals surface area (Å²) in [4.78, 5) is 16.7. The molecular weight excluding hydrogens is 286 g/mol. The minimum atomic E-state index is 0.0114. The van der Waals surface area contributed by atoms with Crippen LogP contribution in [0.2, 0.25) is 0 Å².